The Morgan fingerprint density at radius 3 is 2.52 bits per heavy atom. The molecule has 1 amide bonds. The summed E-state index contributed by atoms with van der Waals surface area (Å²) in [6.07, 6.45) is 7.92. The molecule has 236 valence electrons. The fourth-order valence-electron chi connectivity index (χ4n) is 6.46. The second kappa shape index (κ2) is 13.6. The third kappa shape index (κ3) is 6.87. The summed E-state index contributed by atoms with van der Waals surface area (Å²) in [6, 6.07) is 12.1. The second-order valence-corrected chi connectivity index (χ2v) is 13.0. The van der Waals surface area contributed by atoms with Gasteiger partial charge in [-0.15, -0.1) is 0 Å². The molecule has 0 radical (unpaired) electrons. The maximum absolute atomic E-state index is 14.0. The van der Waals surface area contributed by atoms with E-state index in [9.17, 15) is 9.59 Å². The highest BCUT2D eigenvalue weighted by atomic mass is 16.6. The van der Waals surface area contributed by atoms with Crippen molar-refractivity contribution in [2.75, 3.05) is 47.5 Å². The molecule has 1 saturated carbocycles. The van der Waals surface area contributed by atoms with Crippen LogP contribution >= 0.6 is 0 Å². The Bertz CT molecular complexity index is 1540. The first-order valence-corrected chi connectivity index (χ1v) is 15.9. The molecule has 8 nitrogen and oxygen atoms in total. The molecule has 1 fully saturated rings. The van der Waals surface area contributed by atoms with Crippen LogP contribution in [-0.2, 0) is 20.8 Å². The minimum atomic E-state index is -0.600. The van der Waals surface area contributed by atoms with E-state index < -0.39 is 5.60 Å². The standard InChI is InChI=1S/C36H47N3O5/c1-36(2,3)44-35(41)25-12-14-30-31(22-25)39-23-27(34(40)38(5)17-19-43-18-16-37-4)20-26-21-28(42-6)13-15-29(26)33(39)32(30)24-10-8-7-9-11-24/h12-15,20-22,24,37H,7-11,16-19,23H2,1-6H3. The van der Waals surface area contributed by atoms with Gasteiger partial charge in [-0.05, 0) is 94.1 Å². The number of rotatable bonds is 10. The van der Waals surface area contributed by atoms with Crippen LogP contribution in [0.25, 0.3) is 28.2 Å². The van der Waals surface area contributed by atoms with Crippen LogP contribution in [0.15, 0.2) is 42.0 Å². The molecular formula is C36H47N3O5. The number of aromatic nitrogens is 1. The van der Waals surface area contributed by atoms with E-state index in [-0.39, 0.29) is 11.9 Å². The van der Waals surface area contributed by atoms with Crippen molar-refractivity contribution >= 4 is 28.9 Å². The normalized spacial score (nSPS) is 15.3. The largest absolute Gasteiger partial charge is 0.497 e. The third-order valence-electron chi connectivity index (χ3n) is 8.61. The number of nitrogens with zero attached hydrogens (tertiary/aromatic N) is 2. The van der Waals surface area contributed by atoms with E-state index in [0.717, 1.165) is 52.9 Å². The van der Waals surface area contributed by atoms with Crippen LogP contribution in [0.4, 0.5) is 0 Å². The lowest BCUT2D eigenvalue weighted by Crippen LogP contribution is -2.32. The molecule has 1 N–H and O–H groups in total. The van der Waals surface area contributed by atoms with Gasteiger partial charge in [0.2, 0.25) is 0 Å². The Balaban J connectivity index is 1.65. The van der Waals surface area contributed by atoms with Crippen LogP contribution in [0.2, 0.25) is 0 Å². The molecular weight excluding hydrogens is 554 g/mol. The van der Waals surface area contributed by atoms with Crippen molar-refractivity contribution in [2.24, 2.45) is 0 Å². The minimum absolute atomic E-state index is 0.0480. The topological polar surface area (TPSA) is 82.0 Å². The number of fused-ring (bicyclic) bond motifs is 5. The van der Waals surface area contributed by atoms with Crippen molar-refractivity contribution in [3.63, 3.8) is 0 Å². The Kier molecular flexibility index (Phi) is 9.81. The van der Waals surface area contributed by atoms with Crippen LogP contribution < -0.4 is 10.1 Å². The first-order valence-electron chi connectivity index (χ1n) is 15.9. The van der Waals surface area contributed by atoms with E-state index >= 15 is 0 Å². The van der Waals surface area contributed by atoms with Crippen molar-refractivity contribution < 1.29 is 23.8 Å². The van der Waals surface area contributed by atoms with Gasteiger partial charge in [0.1, 0.15) is 11.4 Å². The molecule has 1 aromatic heterocycles. The Morgan fingerprint density at radius 1 is 1.05 bits per heavy atom. The van der Waals surface area contributed by atoms with Crippen molar-refractivity contribution in [2.45, 2.75) is 70.9 Å². The third-order valence-corrected chi connectivity index (χ3v) is 8.61. The number of carbonyl (C=O) groups is 2. The predicted molar refractivity (Wildman–Crippen MR) is 175 cm³/mol. The van der Waals surface area contributed by atoms with Crippen molar-refractivity contribution in [3.05, 3.63) is 58.7 Å². The monoisotopic (exact) mass is 601 g/mol. The molecule has 8 heteroatoms. The molecule has 2 aliphatic rings. The molecule has 2 heterocycles. The van der Waals surface area contributed by atoms with Crippen LogP contribution in [0.1, 0.15) is 80.3 Å². The molecule has 1 aliphatic heterocycles. The number of nitrogens with one attached hydrogen (secondary N) is 1. The second-order valence-electron chi connectivity index (χ2n) is 13.0. The predicted octanol–water partition coefficient (Wildman–Crippen LogP) is 6.41. The summed E-state index contributed by atoms with van der Waals surface area (Å²) in [4.78, 5) is 28.9. The molecule has 0 saturated heterocycles. The number of amides is 1. The van der Waals surface area contributed by atoms with Gasteiger partial charge in [0.15, 0.2) is 0 Å². The zero-order valence-electron chi connectivity index (χ0n) is 27.1. The van der Waals surface area contributed by atoms with Crippen LogP contribution in [0, 0.1) is 0 Å². The van der Waals surface area contributed by atoms with Crippen LogP contribution in [0.3, 0.4) is 0 Å². The molecule has 1 aliphatic carbocycles. The zero-order chi connectivity index (χ0) is 31.4. The molecule has 44 heavy (non-hydrogen) atoms. The van der Waals surface area contributed by atoms with Crippen molar-refractivity contribution in [1.29, 1.82) is 0 Å². The van der Waals surface area contributed by atoms with Gasteiger partial charge in [0, 0.05) is 42.2 Å². The highest BCUT2D eigenvalue weighted by Gasteiger charge is 2.31. The van der Waals surface area contributed by atoms with Gasteiger partial charge in [-0.1, -0.05) is 25.3 Å². The number of ether oxygens (including phenoxy) is 3. The van der Waals surface area contributed by atoms with Gasteiger partial charge >= 0.3 is 5.97 Å². The van der Waals surface area contributed by atoms with E-state index in [4.69, 9.17) is 14.2 Å². The Labute approximate surface area is 261 Å². The van der Waals surface area contributed by atoms with Crippen LogP contribution in [0.5, 0.6) is 5.75 Å². The molecule has 5 rings (SSSR count). The van der Waals surface area contributed by atoms with Gasteiger partial charge < -0.3 is 29.0 Å². The number of benzene rings is 2. The lowest BCUT2D eigenvalue weighted by molar-refractivity contribution is -0.126. The molecule has 0 unspecified atom stereocenters. The average molecular weight is 602 g/mol. The van der Waals surface area contributed by atoms with E-state index in [1.165, 1.54) is 24.8 Å². The molecule has 3 aromatic rings. The van der Waals surface area contributed by atoms with Crippen LogP contribution in [-0.4, -0.2) is 74.5 Å². The summed E-state index contributed by atoms with van der Waals surface area (Å²) in [5, 5.41) is 4.21. The van der Waals surface area contributed by atoms with Gasteiger partial charge in [0.05, 0.1) is 38.1 Å². The van der Waals surface area contributed by atoms with Crippen molar-refractivity contribution in [1.82, 2.24) is 14.8 Å². The maximum atomic E-state index is 14.0. The van der Waals surface area contributed by atoms with Gasteiger partial charge in [-0.25, -0.2) is 4.79 Å². The molecule has 2 aromatic carbocycles. The number of esters is 1. The molecule has 0 spiro atoms. The summed E-state index contributed by atoms with van der Waals surface area (Å²) in [7, 11) is 5.38. The summed E-state index contributed by atoms with van der Waals surface area (Å²) in [5.74, 6) is 0.750. The number of methoxy groups -OCH3 is 1. The number of hydrogen-bond acceptors (Lipinski definition) is 6. The quantitative estimate of drug-likeness (QED) is 0.214. The maximum Gasteiger partial charge on any atom is 0.338 e. The molecule has 0 bridgehead atoms. The molecule has 0 atom stereocenters. The summed E-state index contributed by atoms with van der Waals surface area (Å²) in [6.45, 7) is 8.33. The lowest BCUT2D eigenvalue weighted by atomic mass is 9.81. The average Bonchev–Trinajstić information content (AvgIpc) is 3.22. The van der Waals surface area contributed by atoms with Gasteiger partial charge in [0.25, 0.3) is 5.91 Å². The Morgan fingerprint density at radius 2 is 1.82 bits per heavy atom. The SMILES string of the molecule is CNCCOCCN(C)C(=O)C1=Cc2cc(OC)ccc2-c2c(C3CCCCC3)c3ccc(C(=O)OC(C)(C)C)cc3n2C1. The first-order chi connectivity index (χ1) is 21.1. The van der Waals surface area contributed by atoms with Gasteiger partial charge in [-0.2, -0.15) is 0 Å². The van der Waals surface area contributed by atoms with Gasteiger partial charge in [-0.3, -0.25) is 4.79 Å². The summed E-state index contributed by atoms with van der Waals surface area (Å²) in [5.41, 5.74) is 6.00. The van der Waals surface area contributed by atoms with Crippen molar-refractivity contribution in [3.8, 4) is 17.0 Å². The number of hydrogen-bond donors (Lipinski definition) is 1. The lowest BCUT2D eigenvalue weighted by Gasteiger charge is -2.24. The van der Waals surface area contributed by atoms with E-state index in [1.54, 1.807) is 12.0 Å². The number of likely N-dealkylation sites (N-methyl/N-ethyl adjacent to an activating group) is 2. The summed E-state index contributed by atoms with van der Waals surface area (Å²) >= 11 is 0. The zero-order valence-corrected chi connectivity index (χ0v) is 27.1. The number of carbonyl (C=O) groups excluding carboxylic acids is 2. The smallest absolute Gasteiger partial charge is 0.338 e. The fourth-order valence-corrected chi connectivity index (χ4v) is 6.46. The van der Waals surface area contributed by atoms with E-state index in [1.807, 2.05) is 65.2 Å². The van der Waals surface area contributed by atoms with E-state index in [0.29, 0.717) is 43.4 Å². The fraction of sp³-hybridized carbons (Fsp3) is 0.500. The Hall–Kier alpha value is -3.62. The highest BCUT2D eigenvalue weighted by molar-refractivity contribution is 6.03. The highest BCUT2D eigenvalue weighted by Crippen LogP contribution is 2.47. The minimum Gasteiger partial charge on any atom is -0.497 e. The van der Waals surface area contributed by atoms with E-state index in [2.05, 4.69) is 22.0 Å². The summed E-state index contributed by atoms with van der Waals surface area (Å²) < 4.78 is 19.3. The first kappa shape index (κ1) is 31.8.